The Hall–Kier alpha value is -2.34. The summed E-state index contributed by atoms with van der Waals surface area (Å²) in [5.74, 6) is -0.247. The fourth-order valence-electron chi connectivity index (χ4n) is 2.73. The van der Waals surface area contributed by atoms with Crippen LogP contribution in [-0.4, -0.2) is 39.6 Å². The van der Waals surface area contributed by atoms with Crippen molar-refractivity contribution in [3.8, 4) is 0 Å². The number of aryl methyl sites for hydroxylation is 1. The molecule has 1 aromatic heterocycles. The van der Waals surface area contributed by atoms with E-state index < -0.39 is 0 Å². The summed E-state index contributed by atoms with van der Waals surface area (Å²) in [6.45, 7) is 2.45. The highest BCUT2D eigenvalue weighted by atomic mass is 35.5. The van der Waals surface area contributed by atoms with E-state index in [1.807, 2.05) is 31.4 Å². The van der Waals surface area contributed by atoms with Gasteiger partial charge in [0, 0.05) is 38.3 Å². The van der Waals surface area contributed by atoms with E-state index in [9.17, 15) is 9.59 Å². The van der Waals surface area contributed by atoms with Gasteiger partial charge in [0.2, 0.25) is 11.8 Å². The van der Waals surface area contributed by atoms with Gasteiger partial charge in [-0.15, -0.1) is 0 Å². The molecule has 1 fully saturated rings. The first kappa shape index (κ1) is 16.5. The number of benzene rings is 1. The molecule has 2 amide bonds. The fourth-order valence-corrected chi connectivity index (χ4v) is 2.86. The first-order valence-corrected chi connectivity index (χ1v) is 8.12. The van der Waals surface area contributed by atoms with Crippen molar-refractivity contribution in [3.05, 3.63) is 52.8 Å². The predicted molar refractivity (Wildman–Crippen MR) is 90.4 cm³/mol. The van der Waals surface area contributed by atoms with Crippen molar-refractivity contribution >= 4 is 23.4 Å². The Morgan fingerprint density at radius 2 is 1.92 bits per heavy atom. The van der Waals surface area contributed by atoms with Gasteiger partial charge in [0.05, 0.1) is 17.7 Å². The zero-order valence-electron chi connectivity index (χ0n) is 13.6. The van der Waals surface area contributed by atoms with Crippen LogP contribution in [0.25, 0.3) is 0 Å². The van der Waals surface area contributed by atoms with Crippen LogP contribution in [0, 0.1) is 5.92 Å². The van der Waals surface area contributed by atoms with E-state index in [4.69, 9.17) is 11.6 Å². The van der Waals surface area contributed by atoms with E-state index >= 15 is 0 Å². The van der Waals surface area contributed by atoms with Crippen LogP contribution in [-0.2, 0) is 16.6 Å². The lowest BCUT2D eigenvalue weighted by atomic mass is 9.97. The highest BCUT2D eigenvalue weighted by Crippen LogP contribution is 2.24. The molecule has 0 spiro atoms. The molecule has 3 rings (SSSR count). The molecule has 0 aliphatic carbocycles. The predicted octanol–water partition coefficient (Wildman–Crippen LogP) is 1.76. The van der Waals surface area contributed by atoms with E-state index in [2.05, 4.69) is 10.4 Å². The summed E-state index contributed by atoms with van der Waals surface area (Å²) >= 11 is 5.96. The fraction of sp³-hybridized carbons (Fsp3) is 0.353. The molecule has 126 valence electrons. The number of likely N-dealkylation sites (tertiary alicyclic amines) is 1. The number of amides is 2. The molecule has 1 aliphatic rings. The maximum absolute atomic E-state index is 12.5. The number of carbonyl (C=O) groups excluding carboxylic acids is 2. The summed E-state index contributed by atoms with van der Waals surface area (Å²) in [7, 11) is 1.83. The van der Waals surface area contributed by atoms with Crippen LogP contribution in [0.5, 0.6) is 0 Å². The van der Waals surface area contributed by atoms with Gasteiger partial charge in [-0.3, -0.25) is 14.3 Å². The third kappa shape index (κ3) is 3.43. The van der Waals surface area contributed by atoms with E-state index in [-0.39, 0.29) is 23.8 Å². The highest BCUT2D eigenvalue weighted by Gasteiger charge is 2.35. The van der Waals surface area contributed by atoms with Crippen molar-refractivity contribution < 1.29 is 9.59 Å². The third-order valence-electron chi connectivity index (χ3n) is 4.22. The van der Waals surface area contributed by atoms with Gasteiger partial charge < -0.3 is 10.2 Å². The minimum atomic E-state index is -0.345. The van der Waals surface area contributed by atoms with E-state index in [1.54, 1.807) is 21.7 Å². The molecule has 0 radical (unpaired) electrons. The van der Waals surface area contributed by atoms with Gasteiger partial charge in [-0.2, -0.15) is 5.10 Å². The van der Waals surface area contributed by atoms with Crippen molar-refractivity contribution in [1.82, 2.24) is 20.0 Å². The molecule has 1 saturated heterocycles. The Balaban J connectivity index is 1.77. The van der Waals surface area contributed by atoms with Crippen molar-refractivity contribution in [1.29, 1.82) is 0 Å². The van der Waals surface area contributed by atoms with Crippen LogP contribution in [0.15, 0.2) is 36.5 Å². The number of aromatic nitrogens is 2. The topological polar surface area (TPSA) is 67.2 Å². The molecule has 6 nitrogen and oxygen atoms in total. The van der Waals surface area contributed by atoms with Gasteiger partial charge in [0.25, 0.3) is 0 Å². The van der Waals surface area contributed by atoms with Crippen LogP contribution in [0.3, 0.4) is 0 Å². The number of nitrogens with zero attached hydrogens (tertiary/aromatic N) is 3. The summed E-state index contributed by atoms with van der Waals surface area (Å²) in [6, 6.07) is 8.87. The zero-order valence-corrected chi connectivity index (χ0v) is 14.3. The molecule has 0 saturated carbocycles. The second-order valence-electron chi connectivity index (χ2n) is 6.03. The second kappa shape index (κ2) is 6.65. The maximum atomic E-state index is 12.5. The largest absolute Gasteiger partial charge is 0.343 e. The van der Waals surface area contributed by atoms with Crippen LogP contribution in [0.4, 0.5) is 0 Å². The minimum absolute atomic E-state index is 0.00183. The van der Waals surface area contributed by atoms with Crippen molar-refractivity contribution in [2.75, 3.05) is 13.1 Å². The monoisotopic (exact) mass is 346 g/mol. The zero-order chi connectivity index (χ0) is 17.3. The smallest absolute Gasteiger partial charge is 0.227 e. The van der Waals surface area contributed by atoms with Crippen molar-refractivity contribution in [2.24, 2.45) is 13.0 Å². The summed E-state index contributed by atoms with van der Waals surface area (Å²) in [5.41, 5.74) is 1.67. The number of halogens is 1. The molecular weight excluding hydrogens is 328 g/mol. The van der Waals surface area contributed by atoms with Gasteiger partial charge in [-0.05, 0) is 23.8 Å². The van der Waals surface area contributed by atoms with Gasteiger partial charge in [-0.1, -0.05) is 23.7 Å². The summed E-state index contributed by atoms with van der Waals surface area (Å²) in [5, 5.41) is 8.10. The molecule has 1 aliphatic heterocycles. The molecule has 2 heterocycles. The molecule has 1 unspecified atom stereocenters. The Morgan fingerprint density at radius 3 is 2.46 bits per heavy atom. The Kier molecular flexibility index (Phi) is 4.57. The van der Waals surface area contributed by atoms with E-state index in [0.29, 0.717) is 18.1 Å². The molecule has 24 heavy (non-hydrogen) atoms. The molecule has 0 bridgehead atoms. The standard InChI is InChI=1S/C17H19ClN4O2/c1-11(23)22-9-13(10-22)17(24)19-16(15-7-8-21(2)20-15)12-3-5-14(18)6-4-12/h3-8,13,16H,9-10H2,1-2H3,(H,19,24). The van der Waals surface area contributed by atoms with Crippen LogP contribution in [0.1, 0.15) is 24.2 Å². The Morgan fingerprint density at radius 1 is 1.25 bits per heavy atom. The van der Waals surface area contributed by atoms with E-state index in [1.165, 1.54) is 6.92 Å². The van der Waals surface area contributed by atoms with Gasteiger partial charge in [0.1, 0.15) is 0 Å². The normalized spacial score (nSPS) is 15.7. The summed E-state index contributed by atoms with van der Waals surface area (Å²) in [4.78, 5) is 25.4. The van der Waals surface area contributed by atoms with Crippen LogP contribution >= 0.6 is 11.6 Å². The van der Waals surface area contributed by atoms with Crippen molar-refractivity contribution in [3.63, 3.8) is 0 Å². The lowest BCUT2D eigenvalue weighted by molar-refractivity contribution is -0.141. The second-order valence-corrected chi connectivity index (χ2v) is 6.46. The number of nitrogens with one attached hydrogen (secondary N) is 1. The Labute approximate surface area is 145 Å². The summed E-state index contributed by atoms with van der Waals surface area (Å²) in [6.07, 6.45) is 1.84. The summed E-state index contributed by atoms with van der Waals surface area (Å²) < 4.78 is 1.70. The van der Waals surface area contributed by atoms with Gasteiger partial charge in [-0.25, -0.2) is 0 Å². The molecule has 7 heteroatoms. The average molecular weight is 347 g/mol. The molecule has 1 N–H and O–H groups in total. The van der Waals surface area contributed by atoms with Gasteiger partial charge >= 0.3 is 0 Å². The van der Waals surface area contributed by atoms with Gasteiger partial charge in [0.15, 0.2) is 0 Å². The van der Waals surface area contributed by atoms with E-state index in [0.717, 1.165) is 11.3 Å². The molecule has 1 aromatic carbocycles. The SMILES string of the molecule is CC(=O)N1CC(C(=O)NC(c2ccc(Cl)cc2)c2ccn(C)n2)C1. The Bertz CT molecular complexity index is 750. The lowest BCUT2D eigenvalue weighted by Crippen LogP contribution is -2.55. The first-order chi connectivity index (χ1) is 11.4. The number of hydrogen-bond acceptors (Lipinski definition) is 3. The molecule has 2 aromatic rings. The average Bonchev–Trinajstić information content (AvgIpc) is 2.90. The number of carbonyl (C=O) groups is 2. The van der Waals surface area contributed by atoms with Crippen molar-refractivity contribution in [2.45, 2.75) is 13.0 Å². The maximum Gasteiger partial charge on any atom is 0.227 e. The minimum Gasteiger partial charge on any atom is -0.343 e. The first-order valence-electron chi connectivity index (χ1n) is 7.75. The van der Waals surface area contributed by atoms with Crippen LogP contribution in [0.2, 0.25) is 5.02 Å². The lowest BCUT2D eigenvalue weighted by Gasteiger charge is -2.38. The molecule has 1 atom stereocenters. The molecular formula is C17H19ClN4O2. The third-order valence-corrected chi connectivity index (χ3v) is 4.47. The quantitative estimate of drug-likeness (QED) is 0.917. The van der Waals surface area contributed by atoms with Crippen LogP contribution < -0.4 is 5.32 Å². The highest BCUT2D eigenvalue weighted by molar-refractivity contribution is 6.30. The number of rotatable bonds is 4. The number of hydrogen-bond donors (Lipinski definition) is 1.